The van der Waals surface area contributed by atoms with Crippen molar-refractivity contribution in [2.75, 3.05) is 6.61 Å². The highest BCUT2D eigenvalue weighted by Gasteiger charge is 2.13. The molecule has 0 saturated carbocycles. The number of aliphatic hydroxyl groups excluding tert-OH is 1. The highest BCUT2D eigenvalue weighted by atomic mass is 16.3. The number of aromatic hydroxyl groups is 1. The van der Waals surface area contributed by atoms with Gasteiger partial charge in [-0.2, -0.15) is 0 Å². The Bertz CT molecular complexity index is 584. The maximum atomic E-state index is 12.0. The van der Waals surface area contributed by atoms with Crippen molar-refractivity contribution in [2.24, 2.45) is 0 Å². The maximum absolute atomic E-state index is 12.0. The Morgan fingerprint density at radius 1 is 1.05 bits per heavy atom. The second kappa shape index (κ2) is 7.45. The topological polar surface area (TPSA) is 69.6 Å². The highest BCUT2D eigenvalue weighted by molar-refractivity contribution is 5.79. The van der Waals surface area contributed by atoms with Crippen LogP contribution in [-0.4, -0.2) is 28.8 Å². The first-order valence-electron chi connectivity index (χ1n) is 6.90. The summed E-state index contributed by atoms with van der Waals surface area (Å²) in [7, 11) is 0. The van der Waals surface area contributed by atoms with Gasteiger partial charge in [0, 0.05) is 5.56 Å². The van der Waals surface area contributed by atoms with Gasteiger partial charge in [0.1, 0.15) is 5.75 Å². The molecule has 1 unspecified atom stereocenters. The molecule has 0 spiro atoms. The van der Waals surface area contributed by atoms with Crippen molar-refractivity contribution >= 4 is 5.91 Å². The summed E-state index contributed by atoms with van der Waals surface area (Å²) in [6.45, 7) is -0.124. The van der Waals surface area contributed by atoms with Crippen molar-refractivity contribution in [1.82, 2.24) is 5.32 Å². The van der Waals surface area contributed by atoms with E-state index in [1.165, 1.54) is 0 Å². The van der Waals surface area contributed by atoms with E-state index in [9.17, 15) is 15.0 Å². The van der Waals surface area contributed by atoms with Crippen molar-refractivity contribution in [3.8, 4) is 5.75 Å². The summed E-state index contributed by atoms with van der Waals surface area (Å²) in [4.78, 5) is 12.0. The molecule has 0 aliphatic heterocycles. The minimum Gasteiger partial charge on any atom is -0.508 e. The average Bonchev–Trinajstić information content (AvgIpc) is 2.50. The first-order valence-corrected chi connectivity index (χ1v) is 6.90. The van der Waals surface area contributed by atoms with Crippen LogP contribution in [0.5, 0.6) is 5.75 Å². The Labute approximate surface area is 124 Å². The zero-order chi connectivity index (χ0) is 15.1. The molecule has 0 bridgehead atoms. The van der Waals surface area contributed by atoms with Crippen LogP contribution in [0.3, 0.4) is 0 Å². The first-order chi connectivity index (χ1) is 10.2. The largest absolute Gasteiger partial charge is 0.508 e. The lowest BCUT2D eigenvalue weighted by molar-refractivity contribution is -0.121. The fourth-order valence-corrected chi connectivity index (χ4v) is 2.17. The molecule has 110 valence electrons. The lowest BCUT2D eigenvalue weighted by Gasteiger charge is -2.16. The molecule has 2 aromatic carbocycles. The second-order valence-electron chi connectivity index (χ2n) is 4.94. The highest BCUT2D eigenvalue weighted by Crippen LogP contribution is 2.16. The fourth-order valence-electron chi connectivity index (χ4n) is 2.17. The number of para-hydroxylation sites is 1. The molecule has 1 amide bonds. The molecule has 4 heteroatoms. The van der Waals surface area contributed by atoms with Crippen LogP contribution in [0.4, 0.5) is 0 Å². The molecule has 0 fully saturated rings. The van der Waals surface area contributed by atoms with Crippen LogP contribution in [0.1, 0.15) is 11.1 Å². The Hall–Kier alpha value is -2.33. The van der Waals surface area contributed by atoms with Gasteiger partial charge in [0.2, 0.25) is 5.91 Å². The molecule has 2 aromatic rings. The summed E-state index contributed by atoms with van der Waals surface area (Å²) in [5.41, 5.74) is 1.63. The zero-order valence-electron chi connectivity index (χ0n) is 11.7. The summed E-state index contributed by atoms with van der Waals surface area (Å²) in [5, 5.41) is 21.8. The summed E-state index contributed by atoms with van der Waals surface area (Å²) >= 11 is 0. The second-order valence-corrected chi connectivity index (χ2v) is 4.94. The van der Waals surface area contributed by atoms with Gasteiger partial charge in [-0.25, -0.2) is 0 Å². The third kappa shape index (κ3) is 4.61. The molecule has 0 saturated heterocycles. The van der Waals surface area contributed by atoms with E-state index >= 15 is 0 Å². The standard InChI is InChI=1S/C17H19NO3/c19-12-15(10-13-6-2-1-3-7-13)18-17(21)11-14-8-4-5-9-16(14)20/h1-9,15,19-20H,10-12H2,(H,18,21). The van der Waals surface area contributed by atoms with E-state index in [1.807, 2.05) is 30.3 Å². The molecule has 0 aliphatic rings. The molecule has 4 nitrogen and oxygen atoms in total. The molecule has 0 aromatic heterocycles. The average molecular weight is 285 g/mol. The van der Waals surface area contributed by atoms with Crippen LogP contribution in [0.2, 0.25) is 0 Å². The molecule has 0 aliphatic carbocycles. The Kier molecular flexibility index (Phi) is 5.35. The monoisotopic (exact) mass is 285 g/mol. The number of rotatable bonds is 6. The molecule has 0 heterocycles. The van der Waals surface area contributed by atoms with Crippen molar-refractivity contribution in [3.63, 3.8) is 0 Å². The lowest BCUT2D eigenvalue weighted by Crippen LogP contribution is -2.39. The van der Waals surface area contributed by atoms with Crippen LogP contribution in [0, 0.1) is 0 Å². The Morgan fingerprint density at radius 2 is 1.71 bits per heavy atom. The Morgan fingerprint density at radius 3 is 2.38 bits per heavy atom. The molecule has 2 rings (SSSR count). The van der Waals surface area contributed by atoms with Crippen molar-refractivity contribution in [1.29, 1.82) is 0 Å². The van der Waals surface area contributed by atoms with E-state index in [2.05, 4.69) is 5.32 Å². The molecular formula is C17H19NO3. The van der Waals surface area contributed by atoms with Gasteiger partial charge in [0.05, 0.1) is 19.1 Å². The van der Waals surface area contributed by atoms with E-state index in [1.54, 1.807) is 24.3 Å². The van der Waals surface area contributed by atoms with Crippen LogP contribution >= 0.6 is 0 Å². The number of phenols is 1. The summed E-state index contributed by atoms with van der Waals surface area (Å²) in [5.74, 6) is -0.109. The third-order valence-corrected chi connectivity index (χ3v) is 3.25. The summed E-state index contributed by atoms with van der Waals surface area (Å²) in [6.07, 6.45) is 0.668. The fraction of sp³-hybridized carbons (Fsp3) is 0.235. The molecule has 1 atom stereocenters. The molecule has 21 heavy (non-hydrogen) atoms. The Balaban J connectivity index is 1.92. The number of hydrogen-bond acceptors (Lipinski definition) is 3. The number of carbonyl (C=O) groups is 1. The smallest absolute Gasteiger partial charge is 0.224 e. The zero-order valence-corrected chi connectivity index (χ0v) is 11.7. The van der Waals surface area contributed by atoms with Crippen LogP contribution < -0.4 is 5.32 Å². The number of aliphatic hydroxyl groups is 1. The third-order valence-electron chi connectivity index (χ3n) is 3.25. The SMILES string of the molecule is O=C(Cc1ccccc1O)NC(CO)Cc1ccccc1. The molecular weight excluding hydrogens is 266 g/mol. The van der Waals surface area contributed by atoms with Gasteiger partial charge in [-0.3, -0.25) is 4.79 Å². The van der Waals surface area contributed by atoms with Gasteiger partial charge < -0.3 is 15.5 Å². The summed E-state index contributed by atoms with van der Waals surface area (Å²) in [6, 6.07) is 16.1. The van der Waals surface area contributed by atoms with E-state index < -0.39 is 0 Å². The van der Waals surface area contributed by atoms with E-state index in [0.29, 0.717) is 12.0 Å². The molecule has 0 radical (unpaired) electrons. The van der Waals surface area contributed by atoms with Gasteiger partial charge in [0.25, 0.3) is 0 Å². The normalized spacial score (nSPS) is 11.9. The van der Waals surface area contributed by atoms with Crippen molar-refractivity contribution in [3.05, 3.63) is 65.7 Å². The van der Waals surface area contributed by atoms with Crippen LogP contribution in [0.15, 0.2) is 54.6 Å². The minimum absolute atomic E-state index is 0.0952. The quantitative estimate of drug-likeness (QED) is 0.756. The number of carbonyl (C=O) groups excluding carboxylic acids is 1. The van der Waals surface area contributed by atoms with Crippen LogP contribution in [0.25, 0.3) is 0 Å². The van der Waals surface area contributed by atoms with E-state index in [-0.39, 0.29) is 30.7 Å². The first kappa shape index (κ1) is 15.1. The summed E-state index contributed by atoms with van der Waals surface area (Å²) < 4.78 is 0. The molecule has 3 N–H and O–H groups in total. The lowest BCUT2D eigenvalue weighted by atomic mass is 10.1. The van der Waals surface area contributed by atoms with E-state index in [0.717, 1.165) is 5.56 Å². The van der Waals surface area contributed by atoms with Crippen molar-refractivity contribution < 1.29 is 15.0 Å². The predicted octanol–water partition coefficient (Wildman–Crippen LogP) is 1.65. The van der Waals surface area contributed by atoms with Gasteiger partial charge in [-0.1, -0.05) is 48.5 Å². The predicted molar refractivity (Wildman–Crippen MR) is 81.0 cm³/mol. The van der Waals surface area contributed by atoms with Gasteiger partial charge >= 0.3 is 0 Å². The van der Waals surface area contributed by atoms with Gasteiger partial charge in [-0.05, 0) is 18.1 Å². The van der Waals surface area contributed by atoms with Crippen LogP contribution in [-0.2, 0) is 17.6 Å². The maximum Gasteiger partial charge on any atom is 0.224 e. The van der Waals surface area contributed by atoms with Gasteiger partial charge in [0.15, 0.2) is 0 Å². The van der Waals surface area contributed by atoms with E-state index in [4.69, 9.17) is 0 Å². The minimum atomic E-state index is -0.328. The van der Waals surface area contributed by atoms with Crippen molar-refractivity contribution in [2.45, 2.75) is 18.9 Å². The number of hydrogen-bond donors (Lipinski definition) is 3. The number of amides is 1. The number of phenolic OH excluding ortho intramolecular Hbond substituents is 1. The van der Waals surface area contributed by atoms with Gasteiger partial charge in [-0.15, -0.1) is 0 Å². The number of benzene rings is 2. The number of nitrogens with one attached hydrogen (secondary N) is 1.